The number of rotatable bonds is 7. The molecule has 7 nitrogen and oxygen atoms in total. The van der Waals surface area contributed by atoms with Crippen LogP contribution in [0.5, 0.6) is 0 Å². The summed E-state index contributed by atoms with van der Waals surface area (Å²) in [5, 5.41) is 3.50. The number of hydrogen-bond acceptors (Lipinski definition) is 4. The lowest BCUT2D eigenvalue weighted by molar-refractivity contribution is -0.133. The fourth-order valence-electron chi connectivity index (χ4n) is 4.98. The lowest BCUT2D eigenvalue weighted by Gasteiger charge is -2.37. The molecule has 7 heteroatoms. The number of piperazine rings is 1. The van der Waals surface area contributed by atoms with Gasteiger partial charge in [0.25, 0.3) is 0 Å². The topological polar surface area (TPSA) is 54.4 Å². The van der Waals surface area contributed by atoms with Crippen LogP contribution in [0.3, 0.4) is 0 Å². The van der Waals surface area contributed by atoms with E-state index in [0.717, 1.165) is 71.2 Å². The first-order valence-electron chi connectivity index (χ1n) is 12.3. The number of aliphatic imine (C=N–C) groups is 1. The van der Waals surface area contributed by atoms with Gasteiger partial charge in [-0.3, -0.25) is 19.6 Å². The molecular weight excluding hydrogens is 376 g/mol. The van der Waals surface area contributed by atoms with Gasteiger partial charge in [0.2, 0.25) is 5.91 Å². The number of likely N-dealkylation sites (tertiary alicyclic amines) is 2. The molecule has 0 saturated carbocycles. The Morgan fingerprint density at radius 1 is 0.967 bits per heavy atom. The van der Waals surface area contributed by atoms with E-state index in [1.54, 1.807) is 0 Å². The van der Waals surface area contributed by atoms with Gasteiger partial charge in [0.05, 0.1) is 13.1 Å². The number of carbonyl (C=O) groups excluding carboxylic acids is 1. The summed E-state index contributed by atoms with van der Waals surface area (Å²) in [5.41, 5.74) is 0. The van der Waals surface area contributed by atoms with Gasteiger partial charge in [0, 0.05) is 58.4 Å². The average molecular weight is 421 g/mol. The molecule has 3 saturated heterocycles. The molecule has 30 heavy (non-hydrogen) atoms. The second-order valence-electron chi connectivity index (χ2n) is 9.58. The van der Waals surface area contributed by atoms with Crippen molar-refractivity contribution in [1.29, 1.82) is 0 Å². The molecule has 0 spiro atoms. The number of piperidine rings is 1. The Morgan fingerprint density at radius 2 is 1.70 bits per heavy atom. The lowest BCUT2D eigenvalue weighted by atomic mass is 10.1. The molecule has 0 aromatic heterocycles. The minimum atomic E-state index is 0.315. The van der Waals surface area contributed by atoms with Crippen molar-refractivity contribution in [2.24, 2.45) is 10.9 Å². The van der Waals surface area contributed by atoms with Gasteiger partial charge in [-0.2, -0.15) is 0 Å². The Kier molecular flexibility index (Phi) is 9.25. The zero-order valence-corrected chi connectivity index (χ0v) is 19.6. The SMILES string of the molecule is CCNC(=NC[C@H]1CCCN1CC(C)C)N1CCN(CC(=O)N2CCCCC2)CC1. The third-order valence-corrected chi connectivity index (χ3v) is 6.62. The molecular formula is C23H44N6O. The Balaban J connectivity index is 1.47. The van der Waals surface area contributed by atoms with Crippen LogP contribution in [0.1, 0.15) is 52.9 Å². The fourth-order valence-corrected chi connectivity index (χ4v) is 4.98. The Labute approximate surface area is 183 Å². The molecule has 3 fully saturated rings. The van der Waals surface area contributed by atoms with Crippen molar-refractivity contribution in [3.8, 4) is 0 Å². The first kappa shape index (κ1) is 23.3. The first-order chi connectivity index (χ1) is 14.6. The van der Waals surface area contributed by atoms with Crippen molar-refractivity contribution in [3.63, 3.8) is 0 Å². The quantitative estimate of drug-likeness (QED) is 0.502. The molecule has 0 bridgehead atoms. The van der Waals surface area contributed by atoms with Gasteiger partial charge in [-0.1, -0.05) is 13.8 Å². The van der Waals surface area contributed by atoms with Gasteiger partial charge in [-0.15, -0.1) is 0 Å². The van der Waals surface area contributed by atoms with Gasteiger partial charge in [0.15, 0.2) is 5.96 Å². The second-order valence-corrected chi connectivity index (χ2v) is 9.58. The monoisotopic (exact) mass is 420 g/mol. The van der Waals surface area contributed by atoms with Gasteiger partial charge in [-0.25, -0.2) is 0 Å². The van der Waals surface area contributed by atoms with E-state index < -0.39 is 0 Å². The number of nitrogens with one attached hydrogen (secondary N) is 1. The molecule has 1 amide bonds. The van der Waals surface area contributed by atoms with Crippen molar-refractivity contribution < 1.29 is 4.79 Å². The van der Waals surface area contributed by atoms with Crippen molar-refractivity contribution in [1.82, 2.24) is 24.9 Å². The maximum Gasteiger partial charge on any atom is 0.236 e. The number of carbonyl (C=O) groups is 1. The van der Waals surface area contributed by atoms with E-state index >= 15 is 0 Å². The molecule has 0 aromatic rings. The molecule has 3 aliphatic rings. The zero-order chi connectivity index (χ0) is 21.3. The molecule has 0 aromatic carbocycles. The molecule has 3 heterocycles. The van der Waals surface area contributed by atoms with Crippen molar-refractivity contribution in [2.45, 2.75) is 58.9 Å². The highest BCUT2D eigenvalue weighted by Crippen LogP contribution is 2.19. The summed E-state index contributed by atoms with van der Waals surface area (Å²) >= 11 is 0. The van der Waals surface area contributed by atoms with E-state index in [2.05, 4.69) is 45.7 Å². The maximum atomic E-state index is 12.6. The van der Waals surface area contributed by atoms with E-state index in [-0.39, 0.29) is 0 Å². The molecule has 0 radical (unpaired) electrons. The van der Waals surface area contributed by atoms with Crippen LogP contribution in [0.2, 0.25) is 0 Å². The zero-order valence-electron chi connectivity index (χ0n) is 19.6. The summed E-state index contributed by atoms with van der Waals surface area (Å²) in [5.74, 6) is 2.08. The van der Waals surface area contributed by atoms with Gasteiger partial charge >= 0.3 is 0 Å². The third kappa shape index (κ3) is 6.84. The van der Waals surface area contributed by atoms with E-state index in [0.29, 0.717) is 24.4 Å². The van der Waals surface area contributed by atoms with Crippen LogP contribution in [0, 0.1) is 5.92 Å². The Bertz CT molecular complexity index is 552. The molecule has 172 valence electrons. The number of guanidine groups is 1. The summed E-state index contributed by atoms with van der Waals surface area (Å²) in [6, 6.07) is 0.588. The predicted molar refractivity (Wildman–Crippen MR) is 124 cm³/mol. The van der Waals surface area contributed by atoms with Crippen LogP contribution in [0.15, 0.2) is 4.99 Å². The van der Waals surface area contributed by atoms with Crippen LogP contribution in [-0.4, -0.2) is 110 Å². The highest BCUT2D eigenvalue weighted by Gasteiger charge is 2.26. The van der Waals surface area contributed by atoms with Crippen molar-refractivity contribution in [3.05, 3.63) is 0 Å². The summed E-state index contributed by atoms with van der Waals surface area (Å²) in [6.07, 6.45) is 6.16. The summed E-state index contributed by atoms with van der Waals surface area (Å²) < 4.78 is 0. The third-order valence-electron chi connectivity index (χ3n) is 6.62. The van der Waals surface area contributed by atoms with Crippen LogP contribution in [0.25, 0.3) is 0 Å². The van der Waals surface area contributed by atoms with Crippen molar-refractivity contribution >= 4 is 11.9 Å². The molecule has 0 unspecified atom stereocenters. The van der Waals surface area contributed by atoms with E-state index in [1.165, 1.54) is 32.4 Å². The molecule has 0 aliphatic carbocycles. The molecule has 1 N–H and O–H groups in total. The Morgan fingerprint density at radius 3 is 2.37 bits per heavy atom. The minimum absolute atomic E-state index is 0.315. The minimum Gasteiger partial charge on any atom is -0.357 e. The van der Waals surface area contributed by atoms with Crippen LogP contribution in [-0.2, 0) is 4.79 Å². The average Bonchev–Trinajstić information content (AvgIpc) is 3.18. The van der Waals surface area contributed by atoms with Gasteiger partial charge < -0.3 is 15.1 Å². The lowest BCUT2D eigenvalue weighted by Crippen LogP contribution is -2.54. The molecule has 1 atom stereocenters. The smallest absolute Gasteiger partial charge is 0.236 e. The van der Waals surface area contributed by atoms with Crippen LogP contribution >= 0.6 is 0 Å². The van der Waals surface area contributed by atoms with E-state index in [1.807, 2.05) is 0 Å². The summed E-state index contributed by atoms with van der Waals surface area (Å²) in [7, 11) is 0. The van der Waals surface area contributed by atoms with E-state index in [9.17, 15) is 4.79 Å². The summed E-state index contributed by atoms with van der Waals surface area (Å²) in [4.78, 5) is 27.0. The number of hydrogen-bond donors (Lipinski definition) is 1. The highest BCUT2D eigenvalue weighted by atomic mass is 16.2. The van der Waals surface area contributed by atoms with Gasteiger partial charge in [0.1, 0.15) is 0 Å². The fraction of sp³-hybridized carbons (Fsp3) is 0.913. The van der Waals surface area contributed by atoms with Crippen LogP contribution < -0.4 is 5.32 Å². The highest BCUT2D eigenvalue weighted by molar-refractivity contribution is 5.80. The molecule has 3 rings (SSSR count). The van der Waals surface area contributed by atoms with Gasteiger partial charge in [-0.05, 0) is 51.5 Å². The standard InChI is InChI=1S/C23H44N6O/c1-4-24-23(25-17-21-9-8-12-29(21)18-20(2)3)28-15-13-26(14-16-28)19-22(30)27-10-6-5-7-11-27/h20-21H,4-19H2,1-3H3,(H,24,25)/t21-/m1/s1. The van der Waals surface area contributed by atoms with Crippen LogP contribution in [0.4, 0.5) is 0 Å². The maximum absolute atomic E-state index is 12.6. The number of nitrogens with zero attached hydrogens (tertiary/aromatic N) is 5. The normalized spacial score (nSPS) is 24.7. The van der Waals surface area contributed by atoms with Crippen molar-refractivity contribution in [2.75, 3.05) is 72.0 Å². The summed E-state index contributed by atoms with van der Waals surface area (Å²) in [6.45, 7) is 17.2. The number of amides is 1. The van der Waals surface area contributed by atoms with E-state index in [4.69, 9.17) is 4.99 Å². The first-order valence-corrected chi connectivity index (χ1v) is 12.3. The second kappa shape index (κ2) is 11.9. The molecule has 3 aliphatic heterocycles. The largest absolute Gasteiger partial charge is 0.357 e. The Hall–Kier alpha value is -1.34. The predicted octanol–water partition coefficient (Wildman–Crippen LogP) is 1.70.